The number of rotatable bonds is 6. The summed E-state index contributed by atoms with van der Waals surface area (Å²) < 4.78 is 4.95. The summed E-state index contributed by atoms with van der Waals surface area (Å²) in [5.41, 5.74) is 5.32. The predicted octanol–water partition coefficient (Wildman–Crippen LogP) is 4.97. The minimum absolute atomic E-state index is 0.0463. The minimum Gasteiger partial charge on any atom is -0.375 e. The number of pyridine rings is 1. The van der Waals surface area contributed by atoms with Crippen LogP contribution in [-0.4, -0.2) is 40.8 Å². The largest absolute Gasteiger partial charge is 0.375 e. The van der Waals surface area contributed by atoms with Gasteiger partial charge in [-0.15, -0.1) is 0 Å². The van der Waals surface area contributed by atoms with Crippen molar-refractivity contribution in [2.75, 3.05) is 13.7 Å². The number of amides is 1. The van der Waals surface area contributed by atoms with Crippen LogP contribution in [0.15, 0.2) is 48.8 Å². The number of hydrogen-bond acceptors (Lipinski definition) is 4. The van der Waals surface area contributed by atoms with Crippen LogP contribution in [0.2, 0.25) is 5.02 Å². The van der Waals surface area contributed by atoms with Crippen molar-refractivity contribution in [3.63, 3.8) is 0 Å². The van der Waals surface area contributed by atoms with Crippen molar-refractivity contribution in [2.45, 2.75) is 44.1 Å². The van der Waals surface area contributed by atoms with E-state index < -0.39 is 0 Å². The molecule has 6 nitrogen and oxygen atoms in total. The van der Waals surface area contributed by atoms with Crippen molar-refractivity contribution in [3.8, 4) is 22.4 Å². The first-order valence-electron chi connectivity index (χ1n) is 10.7. The van der Waals surface area contributed by atoms with Gasteiger partial charge in [0.25, 0.3) is 0 Å². The topological polar surface area (TPSA) is 79.9 Å². The molecule has 2 unspecified atom stereocenters. The molecule has 31 heavy (non-hydrogen) atoms. The molecular weight excluding hydrogens is 412 g/mol. The summed E-state index contributed by atoms with van der Waals surface area (Å²) in [5.74, 6) is 0.302. The molecule has 1 saturated carbocycles. The van der Waals surface area contributed by atoms with E-state index in [9.17, 15) is 4.79 Å². The fourth-order valence-corrected chi connectivity index (χ4v) is 4.54. The lowest BCUT2D eigenvalue weighted by molar-refractivity contribution is -0.125. The minimum atomic E-state index is -0.0463. The molecule has 0 saturated heterocycles. The number of halogens is 1. The Bertz CT molecular complexity index is 1000. The number of aromatic amines is 1. The Morgan fingerprint density at radius 3 is 2.61 bits per heavy atom. The van der Waals surface area contributed by atoms with E-state index in [0.29, 0.717) is 10.9 Å². The highest BCUT2D eigenvalue weighted by atomic mass is 35.5. The molecule has 2 aromatic heterocycles. The summed E-state index contributed by atoms with van der Waals surface area (Å²) in [7, 11) is 1.54. The highest BCUT2D eigenvalue weighted by molar-refractivity contribution is 6.30. The fourth-order valence-electron chi connectivity index (χ4n) is 4.41. The molecular formula is C24H27ClN4O2. The Morgan fingerprint density at radius 1 is 1.10 bits per heavy atom. The van der Waals surface area contributed by atoms with E-state index in [1.54, 1.807) is 7.11 Å². The van der Waals surface area contributed by atoms with E-state index in [1.807, 2.05) is 48.8 Å². The maximum absolute atomic E-state index is 11.9. The van der Waals surface area contributed by atoms with Gasteiger partial charge in [-0.1, -0.05) is 30.2 Å². The van der Waals surface area contributed by atoms with Crippen LogP contribution in [0.4, 0.5) is 0 Å². The molecule has 162 valence electrons. The number of nitrogens with one attached hydrogen (secondary N) is 2. The number of carbonyl (C=O) groups excluding carboxylic acids is 1. The van der Waals surface area contributed by atoms with Gasteiger partial charge in [0.1, 0.15) is 12.3 Å². The van der Waals surface area contributed by atoms with Crippen LogP contribution >= 0.6 is 11.6 Å². The van der Waals surface area contributed by atoms with E-state index in [1.165, 1.54) is 0 Å². The zero-order valence-electron chi connectivity index (χ0n) is 17.6. The molecule has 7 heteroatoms. The number of H-pyrrole nitrogens is 1. The summed E-state index contributed by atoms with van der Waals surface area (Å²) in [6, 6.07) is 12.0. The Kier molecular flexibility index (Phi) is 6.99. The van der Waals surface area contributed by atoms with E-state index in [4.69, 9.17) is 21.4 Å². The molecule has 0 spiro atoms. The molecule has 1 fully saturated rings. The average Bonchev–Trinajstić information content (AvgIpc) is 3.09. The molecule has 3 aromatic rings. The summed E-state index contributed by atoms with van der Waals surface area (Å²) in [4.78, 5) is 16.1. The monoisotopic (exact) mass is 438 g/mol. The normalized spacial score (nSPS) is 19.0. The lowest BCUT2D eigenvalue weighted by Gasteiger charge is -2.17. The zero-order valence-corrected chi connectivity index (χ0v) is 18.4. The van der Waals surface area contributed by atoms with Gasteiger partial charge in [-0.2, -0.15) is 5.10 Å². The predicted molar refractivity (Wildman–Crippen MR) is 122 cm³/mol. The first kappa shape index (κ1) is 21.5. The number of aromatic nitrogens is 3. The number of carbonyl (C=O) groups is 1. The molecule has 1 aliphatic rings. The first-order chi connectivity index (χ1) is 15.2. The quantitative estimate of drug-likeness (QED) is 0.532. The van der Waals surface area contributed by atoms with Gasteiger partial charge in [-0.25, -0.2) is 0 Å². The van der Waals surface area contributed by atoms with Gasteiger partial charge in [-0.3, -0.25) is 14.9 Å². The van der Waals surface area contributed by atoms with Crippen LogP contribution in [0, 0.1) is 0 Å². The third-order valence-corrected chi connectivity index (χ3v) is 6.15. The Morgan fingerprint density at radius 2 is 1.87 bits per heavy atom. The van der Waals surface area contributed by atoms with Crippen LogP contribution in [0.1, 0.15) is 43.7 Å². The number of hydrogen-bond donors (Lipinski definition) is 2. The Balaban J connectivity index is 1.62. The molecule has 2 heterocycles. The highest BCUT2D eigenvalue weighted by Gasteiger charge is 2.27. The van der Waals surface area contributed by atoms with Crippen LogP contribution in [0.5, 0.6) is 0 Å². The summed E-state index contributed by atoms with van der Waals surface area (Å²) in [6.07, 6.45) is 8.63. The molecule has 1 amide bonds. The standard InChI is InChI=1S/C24H27ClN4O2/c1-31-15-21(30)27-20-4-2-3-17(7-10-20)23-22(16-11-13-26-14-12-16)24(29-28-23)18-5-8-19(25)9-6-18/h5-6,8-9,11-14,17,20H,2-4,7,10,15H2,1H3,(H,27,30)(H,28,29). The van der Waals surface area contributed by atoms with Crippen molar-refractivity contribution in [1.82, 2.24) is 20.5 Å². The van der Waals surface area contributed by atoms with E-state index in [2.05, 4.69) is 15.4 Å². The average molecular weight is 439 g/mol. The van der Waals surface area contributed by atoms with Crippen molar-refractivity contribution in [3.05, 3.63) is 59.5 Å². The van der Waals surface area contributed by atoms with Gasteiger partial charge in [-0.05, 0) is 55.5 Å². The first-order valence-corrected chi connectivity index (χ1v) is 11.1. The summed E-state index contributed by atoms with van der Waals surface area (Å²) in [5, 5.41) is 11.9. The molecule has 2 atom stereocenters. The number of ether oxygens (including phenoxy) is 1. The number of nitrogens with zero attached hydrogens (tertiary/aromatic N) is 2. The van der Waals surface area contributed by atoms with Crippen molar-refractivity contribution in [2.24, 2.45) is 0 Å². The Labute approximate surface area is 187 Å². The fraction of sp³-hybridized carbons (Fsp3) is 0.375. The highest BCUT2D eigenvalue weighted by Crippen LogP contribution is 2.41. The van der Waals surface area contributed by atoms with Crippen LogP contribution in [0.25, 0.3) is 22.4 Å². The lowest BCUT2D eigenvalue weighted by atomic mass is 9.89. The molecule has 2 N–H and O–H groups in total. The van der Waals surface area contributed by atoms with Crippen LogP contribution in [-0.2, 0) is 9.53 Å². The zero-order chi connectivity index (χ0) is 21.6. The number of methoxy groups -OCH3 is 1. The van der Waals surface area contributed by atoms with Gasteiger partial charge in [0.15, 0.2) is 0 Å². The SMILES string of the molecule is COCC(=O)NC1CCCC(c2[nH]nc(-c3ccc(Cl)cc3)c2-c2ccncc2)CC1. The van der Waals surface area contributed by atoms with Crippen LogP contribution in [0.3, 0.4) is 0 Å². The summed E-state index contributed by atoms with van der Waals surface area (Å²) in [6.45, 7) is 0.108. The van der Waals surface area contributed by atoms with Gasteiger partial charge in [0.05, 0.1) is 0 Å². The Hall–Kier alpha value is -2.70. The van der Waals surface area contributed by atoms with Gasteiger partial charge >= 0.3 is 0 Å². The van der Waals surface area contributed by atoms with Crippen LogP contribution < -0.4 is 5.32 Å². The molecule has 0 radical (unpaired) electrons. The third-order valence-electron chi connectivity index (χ3n) is 5.90. The second kappa shape index (κ2) is 10.1. The van der Waals surface area contributed by atoms with Gasteiger partial charge in [0.2, 0.25) is 5.91 Å². The van der Waals surface area contributed by atoms with E-state index in [0.717, 1.165) is 60.2 Å². The maximum Gasteiger partial charge on any atom is 0.246 e. The van der Waals surface area contributed by atoms with Crippen molar-refractivity contribution < 1.29 is 9.53 Å². The van der Waals surface area contributed by atoms with E-state index in [-0.39, 0.29) is 18.6 Å². The molecule has 1 aliphatic carbocycles. The second-order valence-electron chi connectivity index (χ2n) is 8.01. The number of benzene rings is 1. The molecule has 1 aromatic carbocycles. The lowest BCUT2D eigenvalue weighted by Crippen LogP contribution is -2.36. The maximum atomic E-state index is 11.9. The third kappa shape index (κ3) is 5.14. The van der Waals surface area contributed by atoms with Crippen molar-refractivity contribution in [1.29, 1.82) is 0 Å². The molecule has 0 aliphatic heterocycles. The van der Waals surface area contributed by atoms with E-state index >= 15 is 0 Å². The molecule has 0 bridgehead atoms. The van der Waals surface area contributed by atoms with Crippen molar-refractivity contribution >= 4 is 17.5 Å². The van der Waals surface area contributed by atoms with Gasteiger partial charge in [0, 0.05) is 53.3 Å². The summed E-state index contributed by atoms with van der Waals surface area (Å²) >= 11 is 6.10. The van der Waals surface area contributed by atoms with Gasteiger partial charge < -0.3 is 10.1 Å². The molecule has 4 rings (SSSR count). The smallest absolute Gasteiger partial charge is 0.246 e. The second-order valence-corrected chi connectivity index (χ2v) is 8.44.